The number of aromatic nitrogens is 3. The van der Waals surface area contributed by atoms with Crippen LogP contribution in [0, 0.1) is 0 Å². The number of hydrogen-bond donors (Lipinski definition) is 1. The molecule has 0 aliphatic rings. The third-order valence-corrected chi connectivity index (χ3v) is 1.59. The predicted octanol–water partition coefficient (Wildman–Crippen LogP) is 1.26. The summed E-state index contributed by atoms with van der Waals surface area (Å²) < 4.78 is 1.58. The number of nitrogens with zero attached hydrogens (tertiary/aromatic N) is 3. The van der Waals surface area contributed by atoms with E-state index >= 15 is 0 Å². The van der Waals surface area contributed by atoms with E-state index in [0.29, 0.717) is 11.2 Å². The van der Waals surface area contributed by atoms with Crippen molar-refractivity contribution in [1.29, 1.82) is 0 Å². The highest BCUT2D eigenvalue weighted by atomic mass is 16.3. The molecule has 0 saturated heterocycles. The zero-order valence-electron chi connectivity index (χ0n) is 6.31. The van der Waals surface area contributed by atoms with Crippen LogP contribution in [0.4, 0.5) is 0 Å². The van der Waals surface area contributed by atoms with Crippen LogP contribution in [0.15, 0.2) is 31.2 Å². The van der Waals surface area contributed by atoms with Crippen molar-refractivity contribution < 1.29 is 5.11 Å². The van der Waals surface area contributed by atoms with Gasteiger partial charge in [-0.15, -0.1) is 0 Å². The van der Waals surface area contributed by atoms with Crippen molar-refractivity contribution in [1.82, 2.24) is 14.6 Å². The van der Waals surface area contributed by atoms with Gasteiger partial charge in [-0.25, -0.2) is 9.50 Å². The van der Waals surface area contributed by atoms with Gasteiger partial charge in [0.15, 0.2) is 5.65 Å². The fraction of sp³-hybridized carbons (Fsp3) is 0. The predicted molar refractivity (Wildman–Crippen MR) is 44.6 cm³/mol. The fourth-order valence-corrected chi connectivity index (χ4v) is 1.03. The molecule has 0 aliphatic carbocycles. The summed E-state index contributed by atoms with van der Waals surface area (Å²) in [5.74, 6) is -0.0105. The van der Waals surface area contributed by atoms with Gasteiger partial charge in [-0.3, -0.25) is 0 Å². The molecule has 4 heteroatoms. The van der Waals surface area contributed by atoms with Crippen molar-refractivity contribution in [3.05, 3.63) is 36.8 Å². The molecule has 2 rings (SSSR count). The first-order chi connectivity index (χ1) is 5.79. The molecular weight excluding hydrogens is 154 g/mol. The first kappa shape index (κ1) is 6.84. The Morgan fingerprint density at radius 1 is 1.58 bits per heavy atom. The van der Waals surface area contributed by atoms with Crippen molar-refractivity contribution in [3.8, 4) is 0 Å². The minimum atomic E-state index is -0.0105. The highest BCUT2D eigenvalue weighted by Gasteiger charge is 2.05. The van der Waals surface area contributed by atoms with E-state index in [2.05, 4.69) is 16.7 Å². The first-order valence-electron chi connectivity index (χ1n) is 3.45. The van der Waals surface area contributed by atoms with E-state index in [9.17, 15) is 0 Å². The largest absolute Gasteiger partial charge is 0.508 e. The van der Waals surface area contributed by atoms with Gasteiger partial charge in [-0.2, -0.15) is 5.10 Å². The van der Waals surface area contributed by atoms with Crippen LogP contribution < -0.4 is 0 Å². The fourth-order valence-electron chi connectivity index (χ4n) is 1.03. The van der Waals surface area contributed by atoms with Crippen molar-refractivity contribution in [2.24, 2.45) is 0 Å². The smallest absolute Gasteiger partial charge is 0.165 e. The molecule has 0 spiro atoms. The van der Waals surface area contributed by atoms with Crippen molar-refractivity contribution in [3.63, 3.8) is 0 Å². The van der Waals surface area contributed by atoms with Gasteiger partial charge in [0.25, 0.3) is 0 Å². The molecule has 2 aromatic heterocycles. The van der Waals surface area contributed by atoms with Gasteiger partial charge in [0.05, 0.1) is 11.8 Å². The number of aliphatic hydroxyl groups is 1. The lowest BCUT2D eigenvalue weighted by Crippen LogP contribution is -1.88. The molecule has 12 heavy (non-hydrogen) atoms. The van der Waals surface area contributed by atoms with Crippen LogP contribution in [0.25, 0.3) is 11.4 Å². The SMILES string of the molecule is C=C(O)c1cnn2cccnc12. The average molecular weight is 161 g/mol. The second-order valence-corrected chi connectivity index (χ2v) is 2.39. The molecular formula is C8H7N3O. The Labute approximate surface area is 68.8 Å². The number of hydrogen-bond acceptors (Lipinski definition) is 3. The molecule has 0 aliphatic heterocycles. The maximum atomic E-state index is 9.12. The van der Waals surface area contributed by atoms with Gasteiger partial charge in [0.1, 0.15) is 5.76 Å². The van der Waals surface area contributed by atoms with E-state index in [1.807, 2.05) is 0 Å². The van der Waals surface area contributed by atoms with E-state index in [4.69, 9.17) is 5.11 Å². The van der Waals surface area contributed by atoms with Gasteiger partial charge < -0.3 is 5.11 Å². The Bertz CT molecular complexity index is 433. The second kappa shape index (κ2) is 2.34. The molecule has 60 valence electrons. The highest BCUT2D eigenvalue weighted by Crippen LogP contribution is 2.13. The van der Waals surface area contributed by atoms with Gasteiger partial charge in [-0.05, 0) is 6.07 Å². The van der Waals surface area contributed by atoms with Crippen LogP contribution in [0.3, 0.4) is 0 Å². The maximum Gasteiger partial charge on any atom is 0.165 e. The number of aliphatic hydroxyl groups excluding tert-OH is 1. The van der Waals surface area contributed by atoms with Gasteiger partial charge >= 0.3 is 0 Å². The quantitative estimate of drug-likeness (QED) is 0.640. The summed E-state index contributed by atoms with van der Waals surface area (Å²) >= 11 is 0. The molecule has 0 saturated carbocycles. The summed E-state index contributed by atoms with van der Waals surface area (Å²) in [7, 11) is 0. The lowest BCUT2D eigenvalue weighted by atomic mass is 10.3. The Kier molecular flexibility index (Phi) is 1.33. The normalized spacial score (nSPS) is 10.3. The van der Waals surface area contributed by atoms with Crippen molar-refractivity contribution in [2.45, 2.75) is 0 Å². The summed E-state index contributed by atoms with van der Waals surface area (Å²) in [6.07, 6.45) is 4.93. The van der Waals surface area contributed by atoms with Crippen LogP contribution >= 0.6 is 0 Å². The zero-order chi connectivity index (χ0) is 8.55. The molecule has 2 aromatic rings. The van der Waals surface area contributed by atoms with Crippen LogP contribution in [0.2, 0.25) is 0 Å². The van der Waals surface area contributed by atoms with Crippen LogP contribution in [-0.2, 0) is 0 Å². The van der Waals surface area contributed by atoms with Crippen LogP contribution in [0.1, 0.15) is 5.56 Å². The summed E-state index contributed by atoms with van der Waals surface area (Å²) in [6.45, 7) is 3.41. The van der Waals surface area contributed by atoms with Crippen LogP contribution in [0.5, 0.6) is 0 Å². The van der Waals surface area contributed by atoms with E-state index in [1.165, 1.54) is 6.20 Å². The van der Waals surface area contributed by atoms with E-state index in [1.54, 1.807) is 23.0 Å². The lowest BCUT2D eigenvalue weighted by molar-refractivity contribution is 0.514. The first-order valence-corrected chi connectivity index (χ1v) is 3.45. The highest BCUT2D eigenvalue weighted by molar-refractivity contribution is 5.68. The molecule has 1 N–H and O–H groups in total. The van der Waals surface area contributed by atoms with Gasteiger partial charge in [-0.1, -0.05) is 6.58 Å². The minimum Gasteiger partial charge on any atom is -0.508 e. The van der Waals surface area contributed by atoms with Crippen molar-refractivity contribution in [2.75, 3.05) is 0 Å². The molecule has 0 fully saturated rings. The Balaban J connectivity index is 2.79. The number of fused-ring (bicyclic) bond motifs is 1. The van der Waals surface area contributed by atoms with E-state index in [-0.39, 0.29) is 5.76 Å². The summed E-state index contributed by atoms with van der Waals surface area (Å²) in [5.41, 5.74) is 1.18. The zero-order valence-corrected chi connectivity index (χ0v) is 6.31. The summed E-state index contributed by atoms with van der Waals surface area (Å²) in [4.78, 5) is 4.04. The number of rotatable bonds is 1. The van der Waals surface area contributed by atoms with Crippen LogP contribution in [-0.4, -0.2) is 19.7 Å². The van der Waals surface area contributed by atoms with E-state index < -0.39 is 0 Å². The monoisotopic (exact) mass is 161 g/mol. The average Bonchev–Trinajstić information content (AvgIpc) is 2.47. The molecule has 0 amide bonds. The Hall–Kier alpha value is -1.84. The lowest BCUT2D eigenvalue weighted by Gasteiger charge is -1.93. The molecule has 0 atom stereocenters. The molecule has 0 unspecified atom stereocenters. The van der Waals surface area contributed by atoms with Gasteiger partial charge in [0.2, 0.25) is 0 Å². The maximum absolute atomic E-state index is 9.12. The third-order valence-electron chi connectivity index (χ3n) is 1.59. The Morgan fingerprint density at radius 2 is 2.42 bits per heavy atom. The molecule has 2 heterocycles. The molecule has 0 radical (unpaired) electrons. The topological polar surface area (TPSA) is 50.4 Å². The summed E-state index contributed by atoms with van der Waals surface area (Å²) in [6, 6.07) is 1.77. The Morgan fingerprint density at radius 3 is 3.17 bits per heavy atom. The molecule has 0 aromatic carbocycles. The van der Waals surface area contributed by atoms with E-state index in [0.717, 1.165) is 0 Å². The minimum absolute atomic E-state index is 0.0105. The molecule has 4 nitrogen and oxygen atoms in total. The van der Waals surface area contributed by atoms with Crippen molar-refractivity contribution >= 4 is 11.4 Å². The third kappa shape index (κ3) is 0.852. The second-order valence-electron chi connectivity index (χ2n) is 2.39. The standard InChI is InChI=1S/C8H7N3O/c1-6(12)7-5-10-11-4-2-3-9-8(7)11/h2-5,12H,1H2. The summed E-state index contributed by atoms with van der Waals surface area (Å²) in [5, 5.41) is 13.1. The van der Waals surface area contributed by atoms with Gasteiger partial charge in [0, 0.05) is 12.4 Å². The molecule has 0 bridgehead atoms.